The zero-order chi connectivity index (χ0) is 19.8. The number of aromatic hydroxyl groups is 2. The molecule has 0 aromatic heterocycles. The van der Waals surface area contributed by atoms with Crippen molar-refractivity contribution in [2.24, 2.45) is 0 Å². The number of halogens is 1. The molecule has 3 N–H and O–H groups in total. The van der Waals surface area contributed by atoms with Gasteiger partial charge in [-0.05, 0) is 42.3 Å². The predicted octanol–water partition coefficient (Wildman–Crippen LogP) is 4.18. The fourth-order valence-electron chi connectivity index (χ4n) is 3.43. The number of benzene rings is 3. The number of phenols is 2. The van der Waals surface area contributed by atoms with Crippen LogP contribution in [0.2, 0.25) is 5.02 Å². The topological polar surface area (TPSA) is 86.6 Å². The number of nitrogens with one attached hydrogen (secondary N) is 1. The normalized spacial score (nSPS) is 12.5. The quantitative estimate of drug-likeness (QED) is 0.453. The first-order valence-electron chi connectivity index (χ1n) is 8.73. The van der Waals surface area contributed by atoms with Crippen LogP contribution in [0.4, 0.5) is 5.69 Å². The molecule has 0 bridgehead atoms. The maximum Gasteiger partial charge on any atom is 0.196 e. The van der Waals surface area contributed by atoms with E-state index in [-0.39, 0.29) is 39.2 Å². The van der Waals surface area contributed by atoms with Crippen molar-refractivity contribution in [3.63, 3.8) is 0 Å². The lowest BCUT2D eigenvalue weighted by Crippen LogP contribution is -2.23. The van der Waals surface area contributed by atoms with Gasteiger partial charge < -0.3 is 15.5 Å². The number of rotatable bonds is 4. The highest BCUT2D eigenvalue weighted by atomic mass is 35.5. The molecule has 0 saturated heterocycles. The van der Waals surface area contributed by atoms with E-state index in [1.54, 1.807) is 36.4 Å². The Morgan fingerprint density at radius 3 is 2.25 bits per heavy atom. The molecule has 140 valence electrons. The van der Waals surface area contributed by atoms with Crippen molar-refractivity contribution < 1.29 is 19.8 Å². The van der Waals surface area contributed by atoms with Crippen LogP contribution < -0.4 is 5.32 Å². The monoisotopic (exact) mass is 393 g/mol. The summed E-state index contributed by atoms with van der Waals surface area (Å²) in [4.78, 5) is 25.9. The van der Waals surface area contributed by atoms with Crippen LogP contribution in [0.5, 0.6) is 11.5 Å². The highest BCUT2D eigenvalue weighted by Gasteiger charge is 2.33. The lowest BCUT2D eigenvalue weighted by Gasteiger charge is -2.21. The van der Waals surface area contributed by atoms with E-state index in [0.29, 0.717) is 35.3 Å². The summed E-state index contributed by atoms with van der Waals surface area (Å²) in [6, 6.07) is 14.3. The van der Waals surface area contributed by atoms with Crippen molar-refractivity contribution in [3.05, 3.63) is 87.4 Å². The minimum absolute atomic E-state index is 0.0639. The first kappa shape index (κ1) is 18.1. The highest BCUT2D eigenvalue weighted by Crippen LogP contribution is 2.36. The molecule has 0 aliphatic heterocycles. The van der Waals surface area contributed by atoms with Gasteiger partial charge in [0.15, 0.2) is 11.6 Å². The fraction of sp³-hybridized carbons (Fsp3) is 0.0909. The molecule has 1 aliphatic rings. The van der Waals surface area contributed by atoms with Crippen LogP contribution in [-0.2, 0) is 6.42 Å². The molecule has 3 aromatic carbocycles. The Morgan fingerprint density at radius 2 is 1.54 bits per heavy atom. The predicted molar refractivity (Wildman–Crippen MR) is 107 cm³/mol. The Hall–Kier alpha value is -3.31. The maximum atomic E-state index is 13.0. The first-order chi connectivity index (χ1) is 13.5. The van der Waals surface area contributed by atoms with Crippen molar-refractivity contribution in [2.75, 3.05) is 11.9 Å². The van der Waals surface area contributed by atoms with Gasteiger partial charge in [0.25, 0.3) is 0 Å². The molecule has 0 unspecified atom stereocenters. The Kier molecular flexibility index (Phi) is 4.53. The van der Waals surface area contributed by atoms with Gasteiger partial charge in [-0.15, -0.1) is 0 Å². The molecule has 28 heavy (non-hydrogen) atoms. The van der Waals surface area contributed by atoms with Crippen LogP contribution in [0.1, 0.15) is 37.4 Å². The smallest absolute Gasteiger partial charge is 0.196 e. The minimum atomic E-state index is -0.274. The fourth-order valence-corrected chi connectivity index (χ4v) is 3.68. The molecule has 6 heteroatoms. The molecule has 0 radical (unpaired) electrons. The summed E-state index contributed by atoms with van der Waals surface area (Å²) in [5.74, 6) is -0.383. The molecular weight excluding hydrogens is 378 g/mol. The molecule has 0 saturated carbocycles. The van der Waals surface area contributed by atoms with E-state index in [9.17, 15) is 19.8 Å². The van der Waals surface area contributed by atoms with E-state index >= 15 is 0 Å². The second kappa shape index (κ2) is 7.02. The molecule has 3 aromatic rings. The van der Waals surface area contributed by atoms with Crippen molar-refractivity contribution in [1.29, 1.82) is 0 Å². The van der Waals surface area contributed by atoms with E-state index in [1.807, 2.05) is 0 Å². The molecule has 1 aliphatic carbocycles. The minimum Gasteiger partial charge on any atom is -0.508 e. The van der Waals surface area contributed by atoms with Gasteiger partial charge in [-0.3, -0.25) is 9.59 Å². The van der Waals surface area contributed by atoms with Gasteiger partial charge in [-0.1, -0.05) is 35.9 Å². The van der Waals surface area contributed by atoms with Gasteiger partial charge in [-0.25, -0.2) is 0 Å². The van der Waals surface area contributed by atoms with E-state index < -0.39 is 0 Å². The number of carbonyl (C=O) groups is 2. The molecule has 0 spiro atoms. The summed E-state index contributed by atoms with van der Waals surface area (Å²) in [6.45, 7) is 0.383. The third-order valence-corrected chi connectivity index (χ3v) is 5.11. The van der Waals surface area contributed by atoms with Gasteiger partial charge in [0.2, 0.25) is 0 Å². The summed E-state index contributed by atoms with van der Waals surface area (Å²) in [7, 11) is 0. The Bertz CT molecular complexity index is 1120. The summed E-state index contributed by atoms with van der Waals surface area (Å²) in [5.41, 5.74) is 2.25. The van der Waals surface area contributed by atoms with Gasteiger partial charge in [0.1, 0.15) is 11.5 Å². The summed E-state index contributed by atoms with van der Waals surface area (Å²) >= 11 is 6.25. The van der Waals surface area contributed by atoms with Gasteiger partial charge >= 0.3 is 0 Å². The van der Waals surface area contributed by atoms with Gasteiger partial charge in [-0.2, -0.15) is 0 Å². The first-order valence-corrected chi connectivity index (χ1v) is 9.11. The number of carbonyl (C=O) groups excluding carboxylic acids is 2. The number of hydrogen-bond donors (Lipinski definition) is 3. The number of phenolic OH excluding ortho intramolecular Hbond substituents is 2. The third kappa shape index (κ3) is 3.00. The van der Waals surface area contributed by atoms with Crippen LogP contribution >= 0.6 is 11.6 Å². The molecule has 5 nitrogen and oxygen atoms in total. The second-order valence-corrected chi connectivity index (χ2v) is 6.95. The van der Waals surface area contributed by atoms with Crippen molar-refractivity contribution in [2.45, 2.75) is 6.42 Å². The summed E-state index contributed by atoms with van der Waals surface area (Å²) < 4.78 is 0. The van der Waals surface area contributed by atoms with Crippen LogP contribution in [0.3, 0.4) is 0 Å². The average molecular weight is 394 g/mol. The molecule has 0 fully saturated rings. The van der Waals surface area contributed by atoms with Gasteiger partial charge in [0, 0.05) is 23.4 Å². The molecule has 0 heterocycles. The zero-order valence-electron chi connectivity index (χ0n) is 14.7. The largest absolute Gasteiger partial charge is 0.508 e. The van der Waals surface area contributed by atoms with Crippen LogP contribution in [0.15, 0.2) is 54.6 Å². The lowest BCUT2D eigenvalue weighted by atomic mass is 9.83. The van der Waals surface area contributed by atoms with Crippen molar-refractivity contribution >= 4 is 28.9 Å². The lowest BCUT2D eigenvalue weighted by molar-refractivity contribution is 0.0979. The molecule has 0 amide bonds. The number of ketones is 2. The molecular formula is C22H16ClNO4. The molecule has 4 rings (SSSR count). The van der Waals surface area contributed by atoms with E-state index in [0.717, 1.165) is 0 Å². The standard InChI is InChI=1S/C22H16ClNO4/c23-16-6-7-17(24-10-9-12-11-13(25)5-8-18(12)26)20-19(16)21(27)14-3-1-2-4-15(14)22(20)28/h1-8,11,24-26H,9-10H2. The number of hydrogen-bond acceptors (Lipinski definition) is 5. The zero-order valence-corrected chi connectivity index (χ0v) is 15.5. The number of fused-ring (bicyclic) bond motifs is 2. The van der Waals surface area contributed by atoms with Crippen LogP contribution in [0.25, 0.3) is 0 Å². The average Bonchev–Trinajstić information content (AvgIpc) is 2.69. The summed E-state index contributed by atoms with van der Waals surface area (Å²) in [6.07, 6.45) is 0.413. The SMILES string of the molecule is O=C1c2ccccc2C(=O)c2c(NCCc3cc(O)ccc3O)ccc(Cl)c21. The van der Waals surface area contributed by atoms with E-state index in [2.05, 4.69) is 5.32 Å². The third-order valence-electron chi connectivity index (χ3n) is 4.80. The van der Waals surface area contributed by atoms with Crippen LogP contribution in [-0.4, -0.2) is 28.3 Å². The summed E-state index contributed by atoms with van der Waals surface area (Å²) in [5, 5.41) is 22.9. The Balaban J connectivity index is 1.66. The second-order valence-electron chi connectivity index (χ2n) is 6.54. The molecule has 0 atom stereocenters. The van der Waals surface area contributed by atoms with E-state index in [4.69, 9.17) is 11.6 Å². The van der Waals surface area contributed by atoms with E-state index in [1.165, 1.54) is 18.2 Å². The van der Waals surface area contributed by atoms with Crippen LogP contribution in [0, 0.1) is 0 Å². The number of anilines is 1. The Morgan fingerprint density at radius 1 is 0.857 bits per heavy atom. The highest BCUT2D eigenvalue weighted by molar-refractivity contribution is 6.39. The van der Waals surface area contributed by atoms with Crippen molar-refractivity contribution in [1.82, 2.24) is 0 Å². The maximum absolute atomic E-state index is 13.0. The van der Waals surface area contributed by atoms with Gasteiger partial charge in [0.05, 0.1) is 16.1 Å². The Labute approximate surface area is 166 Å². The van der Waals surface area contributed by atoms with Crippen molar-refractivity contribution in [3.8, 4) is 11.5 Å².